The summed E-state index contributed by atoms with van der Waals surface area (Å²) in [6.45, 7) is 1.05. The average molecular weight is 449 g/mol. The summed E-state index contributed by atoms with van der Waals surface area (Å²) in [7, 11) is 1.22. The van der Waals surface area contributed by atoms with Gasteiger partial charge < -0.3 is 19.8 Å². The fourth-order valence-electron chi connectivity index (χ4n) is 3.67. The molecule has 2 aromatic rings. The number of Topliss-reactive ketones (excluding diaryl/α,β-unsaturated/α-hetero) is 1. The standard InChI is InChI=1S/C21H21F2N3O6/c1-10-15(17(28)31-4)11(2)24-16(10)14(27)9-26-18(29)21(3,25-20(26)30)12-5-7-13(8-6-12)32-19(22)23/h5-8,19,24H,9H2,1-4H3,(H,25,30). The largest absolute Gasteiger partial charge is 0.465 e. The molecule has 1 atom stereocenters. The number of amides is 3. The second kappa shape index (κ2) is 8.40. The molecule has 32 heavy (non-hydrogen) atoms. The van der Waals surface area contributed by atoms with Crippen molar-refractivity contribution < 1.29 is 37.4 Å². The normalized spacial score (nSPS) is 18.2. The SMILES string of the molecule is COC(=O)c1c(C)[nH]c(C(=O)CN2C(=O)NC(C)(c3ccc(OC(F)F)cc3)C2=O)c1C. The van der Waals surface area contributed by atoms with Gasteiger partial charge in [-0.1, -0.05) is 12.1 Å². The Bertz CT molecular complexity index is 1100. The number of nitrogens with one attached hydrogen (secondary N) is 2. The number of carbonyl (C=O) groups is 4. The van der Waals surface area contributed by atoms with E-state index in [0.29, 0.717) is 16.8 Å². The molecule has 1 aromatic heterocycles. The number of H-pyrrole nitrogens is 1. The van der Waals surface area contributed by atoms with Gasteiger partial charge in [-0.2, -0.15) is 8.78 Å². The minimum Gasteiger partial charge on any atom is -0.465 e. The van der Waals surface area contributed by atoms with E-state index in [0.717, 1.165) is 4.90 Å². The summed E-state index contributed by atoms with van der Waals surface area (Å²) < 4.78 is 33.7. The predicted molar refractivity (Wildman–Crippen MR) is 107 cm³/mol. The van der Waals surface area contributed by atoms with Crippen molar-refractivity contribution in [2.75, 3.05) is 13.7 Å². The summed E-state index contributed by atoms with van der Waals surface area (Å²) >= 11 is 0. The van der Waals surface area contributed by atoms with Crippen molar-refractivity contribution in [2.45, 2.75) is 32.9 Å². The zero-order valence-corrected chi connectivity index (χ0v) is 17.7. The van der Waals surface area contributed by atoms with Crippen molar-refractivity contribution in [3.8, 4) is 5.75 Å². The van der Waals surface area contributed by atoms with E-state index in [2.05, 4.69) is 15.0 Å². The van der Waals surface area contributed by atoms with Gasteiger partial charge in [-0.3, -0.25) is 14.5 Å². The first-order valence-corrected chi connectivity index (χ1v) is 9.49. The van der Waals surface area contributed by atoms with Crippen LogP contribution in [0.4, 0.5) is 13.6 Å². The molecule has 1 aliphatic heterocycles. The number of rotatable bonds is 7. The fraction of sp³-hybridized carbons (Fsp3) is 0.333. The topological polar surface area (TPSA) is 118 Å². The third-order valence-corrected chi connectivity index (χ3v) is 5.34. The van der Waals surface area contributed by atoms with Crippen LogP contribution in [0.15, 0.2) is 24.3 Å². The van der Waals surface area contributed by atoms with Crippen molar-refractivity contribution in [2.24, 2.45) is 0 Å². The van der Waals surface area contributed by atoms with Crippen LogP contribution in [0.1, 0.15) is 44.6 Å². The molecule has 1 unspecified atom stereocenters. The zero-order valence-electron chi connectivity index (χ0n) is 17.7. The second-order valence-corrected chi connectivity index (χ2v) is 7.39. The van der Waals surface area contributed by atoms with Crippen LogP contribution in [0.25, 0.3) is 0 Å². The van der Waals surface area contributed by atoms with Gasteiger partial charge in [0.15, 0.2) is 5.78 Å². The summed E-state index contributed by atoms with van der Waals surface area (Å²) in [5.41, 5.74) is -0.102. The van der Waals surface area contributed by atoms with Gasteiger partial charge in [0.2, 0.25) is 0 Å². The van der Waals surface area contributed by atoms with Gasteiger partial charge in [0.1, 0.15) is 11.3 Å². The number of methoxy groups -OCH3 is 1. The van der Waals surface area contributed by atoms with Gasteiger partial charge in [0, 0.05) is 5.69 Å². The van der Waals surface area contributed by atoms with Crippen molar-refractivity contribution in [1.29, 1.82) is 0 Å². The lowest BCUT2D eigenvalue weighted by Crippen LogP contribution is -2.41. The molecular weight excluding hydrogens is 428 g/mol. The van der Waals surface area contributed by atoms with E-state index in [1.807, 2.05) is 0 Å². The summed E-state index contributed by atoms with van der Waals surface area (Å²) in [4.78, 5) is 53.9. The van der Waals surface area contributed by atoms with E-state index in [1.54, 1.807) is 13.8 Å². The molecule has 170 valence electrons. The molecule has 3 rings (SSSR count). The fourth-order valence-corrected chi connectivity index (χ4v) is 3.67. The van der Waals surface area contributed by atoms with Gasteiger partial charge in [-0.25, -0.2) is 9.59 Å². The summed E-state index contributed by atoms with van der Waals surface area (Å²) in [5, 5.41) is 2.53. The number of hydrogen-bond acceptors (Lipinski definition) is 6. The Balaban J connectivity index is 1.82. The highest BCUT2D eigenvalue weighted by atomic mass is 19.3. The van der Waals surface area contributed by atoms with Crippen LogP contribution < -0.4 is 10.1 Å². The summed E-state index contributed by atoms with van der Waals surface area (Å²) in [6.07, 6.45) is 0. The average Bonchev–Trinajstić information content (AvgIpc) is 3.15. The first-order valence-electron chi connectivity index (χ1n) is 9.49. The first kappa shape index (κ1) is 22.9. The maximum absolute atomic E-state index is 13.0. The van der Waals surface area contributed by atoms with Crippen LogP contribution in [0, 0.1) is 13.8 Å². The molecule has 0 aliphatic carbocycles. The number of ether oxygens (including phenoxy) is 2. The Morgan fingerprint density at radius 1 is 1.16 bits per heavy atom. The smallest absolute Gasteiger partial charge is 0.387 e. The Morgan fingerprint density at radius 2 is 1.78 bits per heavy atom. The third kappa shape index (κ3) is 3.93. The molecule has 0 bridgehead atoms. The number of nitrogens with zero attached hydrogens (tertiary/aromatic N) is 1. The number of imide groups is 1. The Kier molecular flexibility index (Phi) is 6.02. The Labute approximate surface area is 181 Å². The zero-order chi connectivity index (χ0) is 23.8. The number of alkyl halides is 2. The number of esters is 1. The summed E-state index contributed by atoms with van der Waals surface area (Å²) in [5.74, 6) is -1.98. The minimum atomic E-state index is -2.99. The first-order chi connectivity index (χ1) is 15.0. The van der Waals surface area contributed by atoms with E-state index >= 15 is 0 Å². The van der Waals surface area contributed by atoms with E-state index in [1.165, 1.54) is 38.3 Å². The predicted octanol–water partition coefficient (Wildman–Crippen LogP) is 2.67. The number of benzene rings is 1. The Hall–Kier alpha value is -3.76. The molecular formula is C21H21F2N3O6. The Morgan fingerprint density at radius 3 is 2.34 bits per heavy atom. The van der Waals surface area contributed by atoms with E-state index in [-0.39, 0.29) is 17.0 Å². The maximum Gasteiger partial charge on any atom is 0.387 e. The molecule has 0 saturated carbocycles. The molecule has 0 spiro atoms. The van der Waals surface area contributed by atoms with Gasteiger partial charge in [0.25, 0.3) is 5.91 Å². The molecule has 3 amide bonds. The minimum absolute atomic E-state index is 0.0885. The third-order valence-electron chi connectivity index (χ3n) is 5.34. The van der Waals surface area contributed by atoms with E-state index in [4.69, 9.17) is 4.74 Å². The second-order valence-electron chi connectivity index (χ2n) is 7.39. The quantitative estimate of drug-likeness (QED) is 0.381. The molecule has 2 heterocycles. The van der Waals surface area contributed by atoms with Gasteiger partial charge in [-0.15, -0.1) is 0 Å². The van der Waals surface area contributed by atoms with Crippen molar-refractivity contribution in [3.63, 3.8) is 0 Å². The van der Waals surface area contributed by atoms with Crippen molar-refractivity contribution >= 4 is 23.7 Å². The molecule has 1 saturated heterocycles. The number of urea groups is 1. The maximum atomic E-state index is 13.0. The van der Waals surface area contributed by atoms with Crippen molar-refractivity contribution in [1.82, 2.24) is 15.2 Å². The van der Waals surface area contributed by atoms with Crippen LogP contribution in [0.2, 0.25) is 0 Å². The molecule has 9 nitrogen and oxygen atoms in total. The summed E-state index contributed by atoms with van der Waals surface area (Å²) in [6, 6.07) is 4.47. The number of aryl methyl sites for hydroxylation is 1. The molecule has 11 heteroatoms. The molecule has 2 N–H and O–H groups in total. The lowest BCUT2D eigenvalue weighted by molar-refractivity contribution is -0.130. The highest BCUT2D eigenvalue weighted by Crippen LogP contribution is 2.31. The number of carbonyl (C=O) groups excluding carboxylic acids is 4. The highest BCUT2D eigenvalue weighted by molar-refractivity contribution is 6.11. The van der Waals surface area contributed by atoms with Crippen LogP contribution in [-0.2, 0) is 15.1 Å². The highest BCUT2D eigenvalue weighted by Gasteiger charge is 2.49. The number of aromatic amines is 1. The van der Waals surface area contributed by atoms with Crippen LogP contribution >= 0.6 is 0 Å². The number of hydrogen-bond donors (Lipinski definition) is 2. The monoisotopic (exact) mass is 449 g/mol. The number of aromatic nitrogens is 1. The van der Waals surface area contributed by atoms with Gasteiger partial charge in [-0.05, 0) is 44.0 Å². The van der Waals surface area contributed by atoms with E-state index < -0.39 is 42.4 Å². The lowest BCUT2D eigenvalue weighted by atomic mass is 9.92. The van der Waals surface area contributed by atoms with Gasteiger partial charge in [0.05, 0.1) is 24.9 Å². The van der Waals surface area contributed by atoms with Crippen LogP contribution in [-0.4, -0.2) is 53.8 Å². The molecule has 0 radical (unpaired) electrons. The molecule has 1 aliphatic rings. The lowest BCUT2D eigenvalue weighted by Gasteiger charge is -2.22. The van der Waals surface area contributed by atoms with Crippen molar-refractivity contribution in [3.05, 3.63) is 52.3 Å². The molecule has 1 fully saturated rings. The number of halogens is 2. The van der Waals surface area contributed by atoms with E-state index in [9.17, 15) is 28.0 Å². The van der Waals surface area contributed by atoms with Crippen LogP contribution in [0.5, 0.6) is 5.75 Å². The van der Waals surface area contributed by atoms with Gasteiger partial charge >= 0.3 is 18.6 Å². The number of ketones is 1. The van der Waals surface area contributed by atoms with Crippen LogP contribution in [0.3, 0.4) is 0 Å². The molecule has 1 aromatic carbocycles.